The molecule has 0 saturated heterocycles. The summed E-state index contributed by atoms with van der Waals surface area (Å²) in [6.45, 7) is 1.87. The first kappa shape index (κ1) is 22.4. The summed E-state index contributed by atoms with van der Waals surface area (Å²) in [6.07, 6.45) is 8.89. The number of nitrogens with zero attached hydrogens (tertiary/aromatic N) is 3. The number of nitro benzene ring substituents is 1. The highest BCUT2D eigenvalue weighted by Gasteiger charge is 2.21. The zero-order valence-corrected chi connectivity index (χ0v) is 18.6. The molecule has 0 bridgehead atoms. The van der Waals surface area contributed by atoms with E-state index in [1.807, 2.05) is 31.2 Å². The molecule has 1 unspecified atom stereocenters. The van der Waals surface area contributed by atoms with Gasteiger partial charge in [-0.05, 0) is 43.5 Å². The van der Waals surface area contributed by atoms with Crippen LogP contribution in [0.15, 0.2) is 48.7 Å². The van der Waals surface area contributed by atoms with Gasteiger partial charge in [-0.1, -0.05) is 38.2 Å². The molecule has 9 heteroatoms. The molecule has 4 rings (SSSR count). The molecule has 1 aliphatic rings. The molecule has 1 aromatic carbocycles. The van der Waals surface area contributed by atoms with Gasteiger partial charge in [-0.2, -0.15) is 5.10 Å². The predicted molar refractivity (Wildman–Crippen MR) is 126 cm³/mol. The van der Waals surface area contributed by atoms with Crippen molar-refractivity contribution in [3.05, 3.63) is 75.7 Å². The molecule has 172 valence electrons. The lowest BCUT2D eigenvalue weighted by atomic mass is 9.86. The molecular formula is C24H28N6O3. The summed E-state index contributed by atoms with van der Waals surface area (Å²) < 4.78 is 0. The Bertz CT molecular complexity index is 1110. The molecule has 9 nitrogen and oxygen atoms in total. The average molecular weight is 449 g/mol. The Labute approximate surface area is 192 Å². The molecule has 1 fully saturated rings. The number of rotatable bonds is 8. The smallest absolute Gasteiger partial charge is 0.293 e. The summed E-state index contributed by atoms with van der Waals surface area (Å²) in [4.78, 5) is 28.2. The van der Waals surface area contributed by atoms with Crippen LogP contribution in [0.1, 0.15) is 66.8 Å². The molecule has 1 amide bonds. The first-order chi connectivity index (χ1) is 16.0. The van der Waals surface area contributed by atoms with E-state index in [1.54, 1.807) is 18.3 Å². The fourth-order valence-corrected chi connectivity index (χ4v) is 4.31. The van der Waals surface area contributed by atoms with Crippen LogP contribution in [0.2, 0.25) is 0 Å². The third-order valence-electron chi connectivity index (χ3n) is 6.07. The lowest BCUT2D eigenvalue weighted by Crippen LogP contribution is -2.14. The number of H-pyrrole nitrogens is 1. The summed E-state index contributed by atoms with van der Waals surface area (Å²) >= 11 is 0. The SMILES string of the molecule is CC(Nc1ccc(C(=O)Nc2cc(CC3CCCCC3)[nH]n2)cc1[N+](=O)[O-])c1ccccn1. The lowest BCUT2D eigenvalue weighted by molar-refractivity contribution is -0.384. The van der Waals surface area contributed by atoms with Gasteiger partial charge in [-0.25, -0.2) is 0 Å². The number of pyridine rings is 1. The lowest BCUT2D eigenvalue weighted by Gasteiger charge is -2.20. The van der Waals surface area contributed by atoms with E-state index in [1.165, 1.54) is 38.2 Å². The minimum Gasteiger partial charge on any atom is -0.371 e. The van der Waals surface area contributed by atoms with Crippen molar-refractivity contribution in [1.82, 2.24) is 15.2 Å². The topological polar surface area (TPSA) is 126 Å². The van der Waals surface area contributed by atoms with Crippen molar-refractivity contribution in [2.75, 3.05) is 10.6 Å². The zero-order valence-electron chi connectivity index (χ0n) is 18.6. The molecular weight excluding hydrogens is 420 g/mol. The van der Waals surface area contributed by atoms with Gasteiger partial charge in [0.25, 0.3) is 11.6 Å². The number of benzene rings is 1. The molecule has 2 aromatic heterocycles. The second-order valence-corrected chi connectivity index (χ2v) is 8.55. The highest BCUT2D eigenvalue weighted by Crippen LogP contribution is 2.30. The van der Waals surface area contributed by atoms with Crippen LogP contribution in [0.3, 0.4) is 0 Å². The molecule has 3 N–H and O–H groups in total. The Morgan fingerprint density at radius 1 is 1.21 bits per heavy atom. The van der Waals surface area contributed by atoms with E-state index in [0.717, 1.165) is 17.8 Å². The van der Waals surface area contributed by atoms with Gasteiger partial charge in [0, 0.05) is 29.6 Å². The highest BCUT2D eigenvalue weighted by molar-refractivity contribution is 6.04. The van der Waals surface area contributed by atoms with E-state index >= 15 is 0 Å². The Morgan fingerprint density at radius 3 is 2.76 bits per heavy atom. The number of aromatic nitrogens is 3. The number of hydrogen-bond donors (Lipinski definition) is 3. The molecule has 0 aliphatic heterocycles. The van der Waals surface area contributed by atoms with Gasteiger partial charge < -0.3 is 10.6 Å². The Balaban J connectivity index is 1.43. The number of carbonyl (C=O) groups is 1. The number of carbonyl (C=O) groups excluding carboxylic acids is 1. The number of hydrogen-bond acceptors (Lipinski definition) is 6. The highest BCUT2D eigenvalue weighted by atomic mass is 16.6. The Morgan fingerprint density at radius 2 is 2.03 bits per heavy atom. The fourth-order valence-electron chi connectivity index (χ4n) is 4.31. The summed E-state index contributed by atoms with van der Waals surface area (Å²) in [5.41, 5.74) is 2.09. The standard InChI is InChI=1S/C24H28N6O3/c1-16(20-9-5-6-12-25-20)26-21-11-10-18(14-22(21)30(32)33)24(31)27-23-15-19(28-29-23)13-17-7-3-2-4-8-17/h5-6,9-12,14-17,26H,2-4,7-8,13H2,1H3,(H2,27,28,29,31). The van der Waals surface area contributed by atoms with Crippen LogP contribution in [-0.2, 0) is 6.42 Å². The first-order valence-electron chi connectivity index (χ1n) is 11.3. The molecule has 1 atom stereocenters. The quantitative estimate of drug-likeness (QED) is 0.319. The average Bonchev–Trinajstić information content (AvgIpc) is 3.26. The van der Waals surface area contributed by atoms with Crippen LogP contribution in [0.4, 0.5) is 17.2 Å². The summed E-state index contributed by atoms with van der Waals surface area (Å²) in [5.74, 6) is 0.622. The maximum atomic E-state index is 12.7. The summed E-state index contributed by atoms with van der Waals surface area (Å²) in [6, 6.07) is 11.5. The van der Waals surface area contributed by atoms with E-state index in [2.05, 4.69) is 25.8 Å². The van der Waals surface area contributed by atoms with E-state index in [0.29, 0.717) is 17.4 Å². The molecule has 2 heterocycles. The Hall–Kier alpha value is -3.75. The van der Waals surface area contributed by atoms with E-state index in [4.69, 9.17) is 0 Å². The Kier molecular flexibility index (Phi) is 6.97. The molecule has 3 aromatic rings. The largest absolute Gasteiger partial charge is 0.371 e. The number of nitrogens with one attached hydrogen (secondary N) is 3. The fraction of sp³-hybridized carbons (Fsp3) is 0.375. The van der Waals surface area contributed by atoms with Crippen molar-refractivity contribution in [2.45, 2.75) is 51.5 Å². The van der Waals surface area contributed by atoms with E-state index < -0.39 is 10.8 Å². The number of nitro groups is 1. The van der Waals surface area contributed by atoms with Crippen LogP contribution in [-0.4, -0.2) is 26.0 Å². The molecule has 33 heavy (non-hydrogen) atoms. The molecule has 1 aliphatic carbocycles. The minimum atomic E-state index is -0.499. The van der Waals surface area contributed by atoms with Crippen molar-refractivity contribution in [3.63, 3.8) is 0 Å². The minimum absolute atomic E-state index is 0.176. The van der Waals surface area contributed by atoms with Gasteiger partial charge in [-0.3, -0.25) is 25.0 Å². The van der Waals surface area contributed by atoms with Crippen molar-refractivity contribution in [1.29, 1.82) is 0 Å². The van der Waals surface area contributed by atoms with E-state index in [-0.39, 0.29) is 17.3 Å². The third-order valence-corrected chi connectivity index (χ3v) is 6.07. The van der Waals surface area contributed by atoms with Crippen molar-refractivity contribution in [3.8, 4) is 0 Å². The van der Waals surface area contributed by atoms with E-state index in [9.17, 15) is 14.9 Å². The van der Waals surface area contributed by atoms with Crippen LogP contribution >= 0.6 is 0 Å². The first-order valence-corrected chi connectivity index (χ1v) is 11.3. The zero-order chi connectivity index (χ0) is 23.2. The van der Waals surface area contributed by atoms with Crippen LogP contribution in [0.25, 0.3) is 0 Å². The normalized spacial score (nSPS) is 15.1. The number of aromatic amines is 1. The second-order valence-electron chi connectivity index (χ2n) is 8.55. The van der Waals surface area contributed by atoms with Crippen molar-refractivity contribution in [2.24, 2.45) is 5.92 Å². The third kappa shape index (κ3) is 5.74. The molecule has 0 radical (unpaired) electrons. The van der Waals surface area contributed by atoms with Gasteiger partial charge in [0.15, 0.2) is 5.82 Å². The molecule has 0 spiro atoms. The van der Waals surface area contributed by atoms with Crippen LogP contribution < -0.4 is 10.6 Å². The van der Waals surface area contributed by atoms with Crippen LogP contribution in [0.5, 0.6) is 0 Å². The summed E-state index contributed by atoms with van der Waals surface area (Å²) in [5, 5.41) is 24.7. The van der Waals surface area contributed by atoms with Gasteiger partial charge in [0.2, 0.25) is 0 Å². The van der Waals surface area contributed by atoms with Crippen molar-refractivity contribution < 1.29 is 9.72 Å². The van der Waals surface area contributed by atoms with Gasteiger partial charge in [-0.15, -0.1) is 0 Å². The van der Waals surface area contributed by atoms with Gasteiger partial charge in [0.05, 0.1) is 16.7 Å². The van der Waals surface area contributed by atoms with Crippen molar-refractivity contribution >= 4 is 23.1 Å². The molecule has 1 saturated carbocycles. The van der Waals surface area contributed by atoms with Crippen LogP contribution in [0, 0.1) is 16.0 Å². The second kappa shape index (κ2) is 10.2. The monoisotopic (exact) mass is 448 g/mol. The van der Waals surface area contributed by atoms with Gasteiger partial charge in [0.1, 0.15) is 5.69 Å². The maximum Gasteiger partial charge on any atom is 0.293 e. The van der Waals surface area contributed by atoms with Gasteiger partial charge >= 0.3 is 0 Å². The number of anilines is 2. The number of amides is 1. The maximum absolute atomic E-state index is 12.7. The summed E-state index contributed by atoms with van der Waals surface area (Å²) in [7, 11) is 0. The predicted octanol–water partition coefficient (Wildman–Crippen LogP) is 5.26.